The lowest BCUT2D eigenvalue weighted by Crippen LogP contribution is -2.14. The summed E-state index contributed by atoms with van der Waals surface area (Å²) in [6.45, 7) is 6.87. The normalized spacial score (nSPS) is 16.4. The molecule has 2 nitrogen and oxygen atoms in total. The lowest BCUT2D eigenvalue weighted by Gasteiger charge is -2.24. The highest BCUT2D eigenvalue weighted by molar-refractivity contribution is 6.30. The van der Waals surface area contributed by atoms with Crippen LogP contribution in [0.1, 0.15) is 22.3 Å². The molecule has 0 aliphatic carbocycles. The minimum atomic E-state index is 0.643. The summed E-state index contributed by atoms with van der Waals surface area (Å²) in [6.07, 6.45) is 4.29. The number of hydrogen-bond acceptors (Lipinski definition) is 2. The first-order chi connectivity index (χ1) is 12.0. The van der Waals surface area contributed by atoms with E-state index in [9.17, 15) is 0 Å². The first-order valence-corrected chi connectivity index (χ1v) is 8.67. The van der Waals surface area contributed by atoms with E-state index >= 15 is 0 Å². The van der Waals surface area contributed by atoms with Gasteiger partial charge in [-0.05, 0) is 42.3 Å². The van der Waals surface area contributed by atoms with Crippen molar-refractivity contribution in [1.29, 1.82) is 0 Å². The van der Waals surface area contributed by atoms with Gasteiger partial charge in [0, 0.05) is 40.7 Å². The topological polar surface area (TPSA) is 15.6 Å². The van der Waals surface area contributed by atoms with Crippen LogP contribution in [0.25, 0.3) is 5.57 Å². The Kier molecular flexibility index (Phi) is 3.85. The van der Waals surface area contributed by atoms with Gasteiger partial charge in [-0.2, -0.15) is 0 Å². The number of nitrogens with zero attached hydrogens (tertiary/aromatic N) is 2. The molecule has 0 bridgehead atoms. The number of allylic oxidation sites excluding steroid dienone is 1. The summed E-state index contributed by atoms with van der Waals surface area (Å²) in [6, 6.07) is 14.5. The summed E-state index contributed by atoms with van der Waals surface area (Å²) >= 11 is 6.07. The highest BCUT2D eigenvalue weighted by atomic mass is 35.5. The van der Waals surface area contributed by atoms with E-state index in [1.165, 1.54) is 22.3 Å². The van der Waals surface area contributed by atoms with Crippen molar-refractivity contribution in [3.05, 3.63) is 99.9 Å². The maximum Gasteiger partial charge on any atom is 0.0729 e. The molecule has 0 saturated carbocycles. The molecule has 0 saturated heterocycles. The SMILES string of the molecule is C=C1C=C2CN=C(c3ccc(Cl)cc3)c3cc(C)ccc3C2=CN1C. The Morgan fingerprint density at radius 1 is 1.08 bits per heavy atom. The molecule has 2 aliphatic heterocycles. The molecule has 0 radical (unpaired) electrons. The first kappa shape index (κ1) is 15.9. The Bertz CT molecular complexity index is 962. The van der Waals surface area contributed by atoms with Gasteiger partial charge in [-0.25, -0.2) is 0 Å². The van der Waals surface area contributed by atoms with Gasteiger partial charge < -0.3 is 4.90 Å². The van der Waals surface area contributed by atoms with Crippen LogP contribution in [0, 0.1) is 6.92 Å². The van der Waals surface area contributed by atoms with Crippen LogP contribution in [0.15, 0.2) is 77.6 Å². The molecule has 4 rings (SSSR count). The van der Waals surface area contributed by atoms with Crippen LogP contribution in [-0.4, -0.2) is 24.2 Å². The Balaban J connectivity index is 1.95. The van der Waals surface area contributed by atoms with Gasteiger partial charge in [0.05, 0.1) is 12.3 Å². The molecule has 0 N–H and O–H groups in total. The second kappa shape index (κ2) is 6.05. The second-order valence-corrected chi connectivity index (χ2v) is 6.97. The summed E-state index contributed by atoms with van der Waals surface area (Å²) in [5.74, 6) is 0. The van der Waals surface area contributed by atoms with E-state index in [4.69, 9.17) is 16.6 Å². The maximum atomic E-state index is 6.07. The number of aryl methyl sites for hydroxylation is 1. The van der Waals surface area contributed by atoms with Crippen molar-refractivity contribution in [3.8, 4) is 0 Å². The van der Waals surface area contributed by atoms with E-state index in [-0.39, 0.29) is 0 Å². The van der Waals surface area contributed by atoms with E-state index in [1.807, 2.05) is 31.3 Å². The first-order valence-electron chi connectivity index (χ1n) is 8.29. The summed E-state index contributed by atoms with van der Waals surface area (Å²) in [5, 5.41) is 0.736. The van der Waals surface area contributed by atoms with Crippen molar-refractivity contribution in [1.82, 2.24) is 4.90 Å². The lowest BCUT2D eigenvalue weighted by molar-refractivity contribution is 0.587. The molecule has 3 heteroatoms. The maximum absolute atomic E-state index is 6.07. The third-order valence-corrected chi connectivity index (χ3v) is 4.96. The van der Waals surface area contributed by atoms with Crippen LogP contribution in [0.4, 0.5) is 0 Å². The number of fused-ring (bicyclic) bond motifs is 3. The van der Waals surface area contributed by atoms with E-state index < -0.39 is 0 Å². The summed E-state index contributed by atoms with van der Waals surface area (Å²) in [7, 11) is 2.03. The fraction of sp³-hybridized carbons (Fsp3) is 0.136. The Morgan fingerprint density at radius 2 is 1.84 bits per heavy atom. The smallest absolute Gasteiger partial charge is 0.0729 e. The van der Waals surface area contributed by atoms with Gasteiger partial charge in [0.25, 0.3) is 0 Å². The Morgan fingerprint density at radius 3 is 2.60 bits per heavy atom. The molecule has 0 unspecified atom stereocenters. The third-order valence-electron chi connectivity index (χ3n) is 4.71. The van der Waals surface area contributed by atoms with Gasteiger partial charge in [0.2, 0.25) is 0 Å². The van der Waals surface area contributed by atoms with E-state index in [1.54, 1.807) is 0 Å². The standard InChI is InChI=1S/C22H19ClN2/c1-14-4-9-19-20(10-14)22(16-5-7-18(23)8-6-16)24-12-17-11-15(2)25(3)13-21(17)19/h4-11,13H,2,12H2,1,3H3. The zero-order chi connectivity index (χ0) is 17.6. The molecule has 2 aliphatic rings. The molecule has 2 aromatic carbocycles. The summed E-state index contributed by atoms with van der Waals surface area (Å²) in [5.41, 5.74) is 9.11. The highest BCUT2D eigenvalue weighted by Crippen LogP contribution is 2.35. The number of benzene rings is 2. The van der Waals surface area contributed by atoms with Crippen molar-refractivity contribution < 1.29 is 0 Å². The average Bonchev–Trinajstić information content (AvgIpc) is 2.73. The van der Waals surface area contributed by atoms with Gasteiger partial charge >= 0.3 is 0 Å². The number of likely N-dealkylation sites (N-methyl/N-ethyl adjacent to an activating group) is 1. The van der Waals surface area contributed by atoms with Gasteiger partial charge in [-0.3, -0.25) is 4.99 Å². The van der Waals surface area contributed by atoms with Crippen molar-refractivity contribution in [2.75, 3.05) is 13.6 Å². The fourth-order valence-electron chi connectivity index (χ4n) is 3.31. The number of hydrogen-bond donors (Lipinski definition) is 0. The molecule has 124 valence electrons. The Labute approximate surface area is 153 Å². The molecule has 2 aromatic rings. The molecule has 0 aromatic heterocycles. The number of aliphatic imine (C=N–C) groups is 1. The third kappa shape index (κ3) is 2.83. The van der Waals surface area contributed by atoms with Gasteiger partial charge in [-0.15, -0.1) is 0 Å². The van der Waals surface area contributed by atoms with Crippen LogP contribution >= 0.6 is 11.6 Å². The minimum absolute atomic E-state index is 0.643. The number of rotatable bonds is 1. The van der Waals surface area contributed by atoms with Gasteiger partial charge in [-0.1, -0.05) is 48.0 Å². The lowest BCUT2D eigenvalue weighted by atomic mass is 9.89. The van der Waals surface area contributed by atoms with Crippen LogP contribution in [-0.2, 0) is 0 Å². The van der Waals surface area contributed by atoms with Crippen molar-refractivity contribution in [2.45, 2.75) is 6.92 Å². The zero-order valence-electron chi connectivity index (χ0n) is 14.4. The van der Waals surface area contributed by atoms with Gasteiger partial charge in [0.1, 0.15) is 0 Å². The fourth-order valence-corrected chi connectivity index (χ4v) is 3.43. The predicted octanol–water partition coefficient (Wildman–Crippen LogP) is 5.23. The van der Waals surface area contributed by atoms with E-state index in [0.29, 0.717) is 6.54 Å². The largest absolute Gasteiger partial charge is 0.351 e. The van der Waals surface area contributed by atoms with Crippen molar-refractivity contribution >= 4 is 22.9 Å². The molecule has 0 atom stereocenters. The Hall–Kier alpha value is -2.58. The second-order valence-electron chi connectivity index (χ2n) is 6.54. The van der Waals surface area contributed by atoms with Crippen molar-refractivity contribution in [2.24, 2.45) is 4.99 Å². The van der Waals surface area contributed by atoms with Crippen LogP contribution in [0.2, 0.25) is 5.02 Å². The molecule has 0 amide bonds. The highest BCUT2D eigenvalue weighted by Gasteiger charge is 2.23. The van der Waals surface area contributed by atoms with Crippen molar-refractivity contribution in [3.63, 3.8) is 0 Å². The monoisotopic (exact) mass is 346 g/mol. The minimum Gasteiger partial charge on any atom is -0.351 e. The summed E-state index contributed by atoms with van der Waals surface area (Å²) < 4.78 is 0. The quantitative estimate of drug-likeness (QED) is 0.690. The van der Waals surface area contributed by atoms with E-state index in [2.05, 4.69) is 48.9 Å². The summed E-state index contributed by atoms with van der Waals surface area (Å²) in [4.78, 5) is 7.02. The van der Waals surface area contributed by atoms with Crippen LogP contribution < -0.4 is 0 Å². The molecule has 0 spiro atoms. The molecular formula is C22H19ClN2. The van der Waals surface area contributed by atoms with Crippen LogP contribution in [0.3, 0.4) is 0 Å². The predicted molar refractivity (Wildman–Crippen MR) is 106 cm³/mol. The van der Waals surface area contributed by atoms with Gasteiger partial charge in [0.15, 0.2) is 0 Å². The van der Waals surface area contributed by atoms with Crippen LogP contribution in [0.5, 0.6) is 0 Å². The average molecular weight is 347 g/mol. The van der Waals surface area contributed by atoms with E-state index in [0.717, 1.165) is 27.6 Å². The molecule has 2 heterocycles. The number of halogens is 1. The molecule has 0 fully saturated rings. The molecular weight excluding hydrogens is 328 g/mol. The zero-order valence-corrected chi connectivity index (χ0v) is 15.1. The molecule has 25 heavy (non-hydrogen) atoms.